The number of aromatic amines is 1. The summed E-state index contributed by atoms with van der Waals surface area (Å²) >= 11 is 0. The molecule has 21 heavy (non-hydrogen) atoms. The second kappa shape index (κ2) is 5.40. The van der Waals surface area contributed by atoms with E-state index in [-0.39, 0.29) is 0 Å². The largest absolute Gasteiger partial charge is 0.437 e. The fraction of sp³-hybridized carbons (Fsp3) is 0.267. The zero-order valence-corrected chi connectivity index (χ0v) is 12.3. The van der Waals surface area contributed by atoms with Crippen molar-refractivity contribution >= 4 is 17.1 Å². The van der Waals surface area contributed by atoms with Gasteiger partial charge in [-0.1, -0.05) is 12.1 Å². The van der Waals surface area contributed by atoms with Crippen molar-refractivity contribution in [1.82, 2.24) is 19.9 Å². The molecule has 0 saturated heterocycles. The molecule has 1 aromatic carbocycles. The van der Waals surface area contributed by atoms with Gasteiger partial charge in [0.15, 0.2) is 5.65 Å². The number of rotatable bonds is 4. The summed E-state index contributed by atoms with van der Waals surface area (Å²) in [6.07, 6.45) is 1.59. The van der Waals surface area contributed by atoms with E-state index in [0.29, 0.717) is 23.0 Å². The Labute approximate surface area is 122 Å². The third-order valence-corrected chi connectivity index (χ3v) is 3.35. The number of imidazole rings is 1. The van der Waals surface area contributed by atoms with E-state index in [9.17, 15) is 0 Å². The maximum atomic E-state index is 5.99. The van der Waals surface area contributed by atoms with E-state index in [0.717, 1.165) is 17.9 Å². The normalized spacial score (nSPS) is 10.8. The third kappa shape index (κ3) is 2.52. The molecule has 0 fully saturated rings. The summed E-state index contributed by atoms with van der Waals surface area (Å²) in [4.78, 5) is 15.9. The first kappa shape index (κ1) is 13.4. The average molecular weight is 283 g/mol. The topological polar surface area (TPSA) is 75.7 Å². The maximum Gasteiger partial charge on any atom is 0.250 e. The summed E-state index contributed by atoms with van der Waals surface area (Å²) in [5.74, 6) is 1.77. The average Bonchev–Trinajstić information content (AvgIpc) is 2.93. The van der Waals surface area contributed by atoms with E-state index in [1.54, 1.807) is 6.33 Å². The molecule has 108 valence electrons. The van der Waals surface area contributed by atoms with Gasteiger partial charge >= 0.3 is 0 Å². The van der Waals surface area contributed by atoms with E-state index in [1.165, 1.54) is 5.56 Å². The summed E-state index contributed by atoms with van der Waals surface area (Å²) < 4.78 is 5.99. The first-order valence-corrected chi connectivity index (χ1v) is 6.88. The minimum Gasteiger partial charge on any atom is -0.437 e. The van der Waals surface area contributed by atoms with Crippen LogP contribution < -0.4 is 10.1 Å². The molecule has 3 rings (SSSR count). The highest BCUT2D eigenvalue weighted by Gasteiger charge is 2.13. The van der Waals surface area contributed by atoms with Crippen molar-refractivity contribution in [1.29, 1.82) is 0 Å². The molecule has 0 atom stereocenters. The van der Waals surface area contributed by atoms with Crippen LogP contribution in [0.25, 0.3) is 11.2 Å². The molecule has 0 bridgehead atoms. The van der Waals surface area contributed by atoms with Crippen molar-refractivity contribution in [3.8, 4) is 11.6 Å². The molecular formula is C15H17N5O. The number of nitrogens with one attached hydrogen (secondary N) is 2. The van der Waals surface area contributed by atoms with E-state index < -0.39 is 0 Å². The van der Waals surface area contributed by atoms with E-state index in [1.807, 2.05) is 26.0 Å². The van der Waals surface area contributed by atoms with E-state index in [4.69, 9.17) is 4.74 Å². The van der Waals surface area contributed by atoms with Gasteiger partial charge in [-0.05, 0) is 38.0 Å². The van der Waals surface area contributed by atoms with E-state index in [2.05, 4.69) is 38.2 Å². The van der Waals surface area contributed by atoms with Crippen LogP contribution in [-0.4, -0.2) is 26.5 Å². The van der Waals surface area contributed by atoms with Gasteiger partial charge in [0.05, 0.1) is 6.33 Å². The Morgan fingerprint density at radius 2 is 2.10 bits per heavy atom. The van der Waals surface area contributed by atoms with Crippen LogP contribution in [0, 0.1) is 13.8 Å². The van der Waals surface area contributed by atoms with Gasteiger partial charge in [0, 0.05) is 6.54 Å². The zero-order chi connectivity index (χ0) is 14.8. The molecule has 2 N–H and O–H groups in total. The van der Waals surface area contributed by atoms with Gasteiger partial charge in [0.25, 0.3) is 5.88 Å². The standard InChI is InChI=1S/C15H17N5O/c1-4-16-15-19-13-12(17-8-18-13)14(20-15)21-11-7-5-6-9(2)10(11)3/h5-8H,4H2,1-3H3,(H2,16,17,18,19,20). The Kier molecular flexibility index (Phi) is 3.43. The maximum absolute atomic E-state index is 5.99. The molecule has 0 aliphatic rings. The predicted octanol–water partition coefficient (Wildman–Crippen LogP) is 3.19. The Morgan fingerprint density at radius 1 is 1.24 bits per heavy atom. The molecule has 0 amide bonds. The summed E-state index contributed by atoms with van der Waals surface area (Å²) in [7, 11) is 0. The summed E-state index contributed by atoms with van der Waals surface area (Å²) in [5, 5.41) is 3.09. The van der Waals surface area contributed by atoms with Gasteiger partial charge in [-0.15, -0.1) is 0 Å². The highest BCUT2D eigenvalue weighted by molar-refractivity contribution is 5.77. The lowest BCUT2D eigenvalue weighted by atomic mass is 10.1. The van der Waals surface area contributed by atoms with Crippen LogP contribution in [0.4, 0.5) is 5.95 Å². The molecule has 0 aliphatic heterocycles. The second-order valence-electron chi connectivity index (χ2n) is 4.78. The van der Waals surface area contributed by atoms with Crippen LogP contribution in [0.3, 0.4) is 0 Å². The van der Waals surface area contributed by atoms with Crippen LogP contribution in [-0.2, 0) is 0 Å². The minimum atomic E-state index is 0.474. The molecule has 0 radical (unpaired) electrons. The number of fused-ring (bicyclic) bond motifs is 1. The molecule has 6 heteroatoms. The first-order chi connectivity index (χ1) is 10.2. The Bertz CT molecular complexity index is 781. The summed E-state index contributed by atoms with van der Waals surface area (Å²) in [5.41, 5.74) is 3.54. The van der Waals surface area contributed by atoms with E-state index >= 15 is 0 Å². The van der Waals surface area contributed by atoms with Crippen molar-refractivity contribution < 1.29 is 4.74 Å². The van der Waals surface area contributed by atoms with Gasteiger partial charge in [-0.25, -0.2) is 4.98 Å². The summed E-state index contributed by atoms with van der Waals surface area (Å²) in [6, 6.07) is 5.95. The molecule has 0 saturated carbocycles. The van der Waals surface area contributed by atoms with Gasteiger partial charge < -0.3 is 15.0 Å². The van der Waals surface area contributed by atoms with Crippen molar-refractivity contribution in [2.75, 3.05) is 11.9 Å². The second-order valence-corrected chi connectivity index (χ2v) is 4.78. The number of anilines is 1. The molecule has 2 heterocycles. The van der Waals surface area contributed by atoms with Crippen molar-refractivity contribution in [3.05, 3.63) is 35.7 Å². The number of ether oxygens (including phenoxy) is 1. The van der Waals surface area contributed by atoms with Gasteiger partial charge in [-0.2, -0.15) is 9.97 Å². The van der Waals surface area contributed by atoms with Gasteiger partial charge in [0.1, 0.15) is 11.3 Å². The predicted molar refractivity (Wildman–Crippen MR) is 81.8 cm³/mol. The molecule has 6 nitrogen and oxygen atoms in total. The van der Waals surface area contributed by atoms with Crippen LogP contribution in [0.5, 0.6) is 11.6 Å². The molecule has 0 aliphatic carbocycles. The van der Waals surface area contributed by atoms with Crippen LogP contribution in [0.15, 0.2) is 24.5 Å². The molecule has 0 spiro atoms. The van der Waals surface area contributed by atoms with Crippen molar-refractivity contribution in [2.24, 2.45) is 0 Å². The molecule has 2 aromatic heterocycles. The Morgan fingerprint density at radius 3 is 2.90 bits per heavy atom. The number of H-pyrrole nitrogens is 1. The zero-order valence-electron chi connectivity index (χ0n) is 12.3. The van der Waals surface area contributed by atoms with Crippen molar-refractivity contribution in [2.45, 2.75) is 20.8 Å². The first-order valence-electron chi connectivity index (χ1n) is 6.88. The molecule has 0 unspecified atom stereocenters. The van der Waals surface area contributed by atoms with Crippen LogP contribution in [0.2, 0.25) is 0 Å². The number of hydrogen-bond acceptors (Lipinski definition) is 5. The summed E-state index contributed by atoms with van der Waals surface area (Å²) in [6.45, 7) is 6.81. The number of benzene rings is 1. The lowest BCUT2D eigenvalue weighted by molar-refractivity contribution is 0.464. The van der Waals surface area contributed by atoms with Crippen LogP contribution >= 0.6 is 0 Å². The Hall–Kier alpha value is -2.63. The fourth-order valence-corrected chi connectivity index (χ4v) is 2.06. The van der Waals surface area contributed by atoms with Gasteiger partial charge in [-0.3, -0.25) is 0 Å². The number of aryl methyl sites for hydroxylation is 1. The SMILES string of the molecule is CCNc1nc(Oc2cccc(C)c2C)c2[nH]cnc2n1. The Balaban J connectivity index is 2.06. The highest BCUT2D eigenvalue weighted by Crippen LogP contribution is 2.29. The fourth-order valence-electron chi connectivity index (χ4n) is 2.06. The highest BCUT2D eigenvalue weighted by atomic mass is 16.5. The van der Waals surface area contributed by atoms with Crippen molar-refractivity contribution in [3.63, 3.8) is 0 Å². The quantitative estimate of drug-likeness (QED) is 0.769. The number of hydrogen-bond donors (Lipinski definition) is 2. The molecule has 3 aromatic rings. The lowest BCUT2D eigenvalue weighted by Gasteiger charge is -2.11. The van der Waals surface area contributed by atoms with Crippen LogP contribution in [0.1, 0.15) is 18.1 Å². The molecular weight excluding hydrogens is 266 g/mol. The van der Waals surface area contributed by atoms with Gasteiger partial charge in [0.2, 0.25) is 5.95 Å². The third-order valence-electron chi connectivity index (χ3n) is 3.35. The number of nitrogens with zero attached hydrogens (tertiary/aromatic N) is 3. The minimum absolute atomic E-state index is 0.474. The smallest absolute Gasteiger partial charge is 0.250 e. The monoisotopic (exact) mass is 283 g/mol. The number of aromatic nitrogens is 4. The lowest BCUT2D eigenvalue weighted by Crippen LogP contribution is -2.04.